The summed E-state index contributed by atoms with van der Waals surface area (Å²) in [5.74, 6) is 0.377. The Kier molecular flexibility index (Phi) is 4.94. The summed E-state index contributed by atoms with van der Waals surface area (Å²) in [6.45, 7) is -0.0696. The maximum Gasteiger partial charge on any atom is 0.318 e. The lowest BCUT2D eigenvalue weighted by Crippen LogP contribution is -2.38. The summed E-state index contributed by atoms with van der Waals surface area (Å²) in [4.78, 5) is 21.6. The van der Waals surface area contributed by atoms with E-state index in [0.717, 1.165) is 5.56 Å². The molecule has 0 aliphatic rings. The van der Waals surface area contributed by atoms with Crippen LogP contribution in [0.2, 0.25) is 0 Å². The average Bonchev–Trinajstić information content (AvgIpc) is 2.35. The largest absolute Gasteiger partial charge is 0.497 e. The van der Waals surface area contributed by atoms with Crippen LogP contribution in [0.3, 0.4) is 0 Å². The first kappa shape index (κ1) is 13.8. The fraction of sp³-hybridized carbons (Fsp3) is 0.273. The van der Waals surface area contributed by atoms with Crippen LogP contribution in [-0.4, -0.2) is 25.7 Å². The monoisotopic (exact) mass is 253 g/mol. The van der Waals surface area contributed by atoms with Crippen LogP contribution in [0.5, 0.6) is 11.5 Å². The van der Waals surface area contributed by atoms with Crippen molar-refractivity contribution in [1.29, 1.82) is 0 Å². The van der Waals surface area contributed by atoms with Gasteiger partial charge in [0.25, 0.3) is 5.91 Å². The number of primary amides is 1. The van der Waals surface area contributed by atoms with E-state index in [1.165, 1.54) is 7.11 Å². The second-order valence-corrected chi connectivity index (χ2v) is 3.38. The molecular weight excluding hydrogens is 238 g/mol. The molecule has 0 aromatic heterocycles. The molecule has 7 nitrogen and oxygen atoms in total. The average molecular weight is 253 g/mol. The van der Waals surface area contributed by atoms with E-state index in [9.17, 15) is 9.59 Å². The van der Waals surface area contributed by atoms with E-state index in [-0.39, 0.29) is 13.2 Å². The lowest BCUT2D eigenvalue weighted by atomic mass is 10.2. The van der Waals surface area contributed by atoms with E-state index in [0.29, 0.717) is 11.5 Å². The van der Waals surface area contributed by atoms with E-state index in [1.807, 2.05) is 5.32 Å². The van der Waals surface area contributed by atoms with E-state index < -0.39 is 11.9 Å². The molecule has 0 aliphatic carbocycles. The summed E-state index contributed by atoms with van der Waals surface area (Å²) in [7, 11) is 1.51. The fourth-order valence-electron chi connectivity index (χ4n) is 1.28. The zero-order valence-electron chi connectivity index (χ0n) is 9.93. The van der Waals surface area contributed by atoms with Gasteiger partial charge in [-0.1, -0.05) is 6.07 Å². The molecule has 1 aromatic rings. The van der Waals surface area contributed by atoms with Gasteiger partial charge in [0.2, 0.25) is 0 Å². The van der Waals surface area contributed by atoms with Gasteiger partial charge >= 0.3 is 6.03 Å². The molecule has 0 atom stereocenters. The van der Waals surface area contributed by atoms with Gasteiger partial charge in [0.05, 0.1) is 7.11 Å². The molecule has 0 unspecified atom stereocenters. The molecule has 0 fully saturated rings. The molecule has 3 amide bonds. The number of nitrogens with one attached hydrogen (secondary N) is 1. The number of benzene rings is 1. The minimum absolute atomic E-state index is 0.261. The van der Waals surface area contributed by atoms with E-state index in [2.05, 4.69) is 0 Å². The number of carbonyl (C=O) groups excluding carboxylic acids is 2. The third kappa shape index (κ3) is 3.95. The summed E-state index contributed by atoms with van der Waals surface area (Å²) in [6.07, 6.45) is 0. The summed E-state index contributed by atoms with van der Waals surface area (Å²) in [5, 5.41) is 1.89. The quantitative estimate of drug-likeness (QED) is 0.667. The van der Waals surface area contributed by atoms with Gasteiger partial charge in [-0.25, -0.2) is 4.79 Å². The standard InChI is InChI=1S/C11H15N3O4/c1-17-8-3-2-7(5-12)9(4-8)18-6-10(15)14-11(13)16/h2-4H,5-6,12H2,1H3,(H3,13,14,15,16). The van der Waals surface area contributed by atoms with Crippen molar-refractivity contribution in [3.05, 3.63) is 23.8 Å². The van der Waals surface area contributed by atoms with Crippen LogP contribution in [0.4, 0.5) is 4.79 Å². The maximum absolute atomic E-state index is 11.2. The van der Waals surface area contributed by atoms with Crippen molar-refractivity contribution in [3.63, 3.8) is 0 Å². The highest BCUT2D eigenvalue weighted by Gasteiger charge is 2.08. The first-order valence-corrected chi connectivity index (χ1v) is 5.16. The predicted octanol–water partition coefficient (Wildman–Crippen LogP) is -0.272. The highest BCUT2D eigenvalue weighted by Crippen LogP contribution is 2.24. The molecular formula is C11H15N3O4. The van der Waals surface area contributed by atoms with Crippen molar-refractivity contribution in [3.8, 4) is 11.5 Å². The normalized spacial score (nSPS) is 9.67. The SMILES string of the molecule is COc1ccc(CN)c(OCC(=O)NC(N)=O)c1. The number of ether oxygens (including phenoxy) is 2. The molecule has 1 rings (SSSR count). The molecule has 1 aromatic carbocycles. The molecule has 0 saturated carbocycles. The summed E-state index contributed by atoms with van der Waals surface area (Å²) >= 11 is 0. The van der Waals surface area contributed by atoms with Crippen LogP contribution in [0.15, 0.2) is 18.2 Å². The highest BCUT2D eigenvalue weighted by atomic mass is 16.5. The summed E-state index contributed by atoms with van der Waals surface area (Å²) in [6, 6.07) is 4.16. The Labute approximate surface area is 104 Å². The van der Waals surface area contributed by atoms with Crippen LogP contribution in [-0.2, 0) is 11.3 Å². The third-order valence-electron chi connectivity index (χ3n) is 2.12. The smallest absolute Gasteiger partial charge is 0.318 e. The Morgan fingerprint density at radius 1 is 1.39 bits per heavy atom. The summed E-state index contributed by atoms with van der Waals surface area (Å²) < 4.78 is 10.3. The number of nitrogens with two attached hydrogens (primary N) is 2. The van der Waals surface area contributed by atoms with Gasteiger partial charge in [-0.05, 0) is 6.07 Å². The van der Waals surface area contributed by atoms with Crippen LogP contribution in [0.25, 0.3) is 0 Å². The van der Waals surface area contributed by atoms with Crippen molar-refractivity contribution in [2.24, 2.45) is 11.5 Å². The number of hydrogen-bond acceptors (Lipinski definition) is 5. The van der Waals surface area contributed by atoms with E-state index in [4.69, 9.17) is 20.9 Å². The summed E-state index contributed by atoms with van der Waals surface area (Å²) in [5.41, 5.74) is 11.1. The van der Waals surface area contributed by atoms with Crippen LogP contribution < -0.4 is 26.3 Å². The zero-order valence-corrected chi connectivity index (χ0v) is 9.93. The molecule has 18 heavy (non-hydrogen) atoms. The van der Waals surface area contributed by atoms with Gasteiger partial charge in [-0.3, -0.25) is 10.1 Å². The first-order chi connectivity index (χ1) is 8.56. The molecule has 0 heterocycles. The molecule has 5 N–H and O–H groups in total. The van der Waals surface area contributed by atoms with Gasteiger partial charge in [0.1, 0.15) is 11.5 Å². The lowest BCUT2D eigenvalue weighted by Gasteiger charge is -2.11. The van der Waals surface area contributed by atoms with Crippen LogP contribution >= 0.6 is 0 Å². The second kappa shape index (κ2) is 6.45. The maximum atomic E-state index is 11.2. The number of hydrogen-bond donors (Lipinski definition) is 3. The van der Waals surface area contributed by atoms with Gasteiger partial charge in [0.15, 0.2) is 6.61 Å². The third-order valence-corrected chi connectivity index (χ3v) is 2.12. The van der Waals surface area contributed by atoms with Crippen LogP contribution in [0.1, 0.15) is 5.56 Å². The molecule has 0 saturated heterocycles. The van der Waals surface area contributed by atoms with Gasteiger partial charge in [-0.15, -0.1) is 0 Å². The molecule has 98 valence electrons. The Bertz CT molecular complexity index is 448. The number of urea groups is 1. The van der Waals surface area contributed by atoms with Crippen molar-refractivity contribution >= 4 is 11.9 Å². The Morgan fingerprint density at radius 2 is 2.11 bits per heavy atom. The minimum atomic E-state index is -0.923. The number of rotatable bonds is 5. The van der Waals surface area contributed by atoms with Crippen molar-refractivity contribution in [2.45, 2.75) is 6.54 Å². The number of carbonyl (C=O) groups is 2. The predicted molar refractivity (Wildman–Crippen MR) is 64.1 cm³/mol. The number of methoxy groups -OCH3 is 1. The topological polar surface area (TPSA) is 117 Å². The lowest BCUT2D eigenvalue weighted by molar-refractivity contribution is -0.121. The van der Waals surface area contributed by atoms with E-state index >= 15 is 0 Å². The highest BCUT2D eigenvalue weighted by molar-refractivity contribution is 5.94. The van der Waals surface area contributed by atoms with Crippen molar-refractivity contribution in [1.82, 2.24) is 5.32 Å². The molecule has 0 bridgehead atoms. The number of imide groups is 1. The Morgan fingerprint density at radius 3 is 2.67 bits per heavy atom. The minimum Gasteiger partial charge on any atom is -0.497 e. The van der Waals surface area contributed by atoms with Crippen molar-refractivity contribution in [2.75, 3.05) is 13.7 Å². The number of amides is 3. The van der Waals surface area contributed by atoms with Gasteiger partial charge in [-0.2, -0.15) is 0 Å². The molecule has 0 spiro atoms. The van der Waals surface area contributed by atoms with Gasteiger partial charge < -0.3 is 20.9 Å². The second-order valence-electron chi connectivity index (χ2n) is 3.38. The Balaban J connectivity index is 2.70. The van der Waals surface area contributed by atoms with Crippen LogP contribution in [0, 0.1) is 0 Å². The Hall–Kier alpha value is -2.28. The fourth-order valence-corrected chi connectivity index (χ4v) is 1.28. The molecule has 0 radical (unpaired) electrons. The van der Waals surface area contributed by atoms with Gasteiger partial charge in [0, 0.05) is 18.2 Å². The van der Waals surface area contributed by atoms with E-state index in [1.54, 1.807) is 18.2 Å². The first-order valence-electron chi connectivity index (χ1n) is 5.16. The molecule has 0 aliphatic heterocycles. The zero-order chi connectivity index (χ0) is 13.5. The van der Waals surface area contributed by atoms with Crippen molar-refractivity contribution < 1.29 is 19.1 Å². The molecule has 7 heteroatoms.